The maximum absolute atomic E-state index is 2.16. The van der Waals surface area contributed by atoms with Crippen LogP contribution < -0.4 is 0 Å². The van der Waals surface area contributed by atoms with Crippen molar-refractivity contribution < 1.29 is 0 Å². The van der Waals surface area contributed by atoms with Crippen molar-refractivity contribution in [2.75, 3.05) is 0 Å². The van der Waals surface area contributed by atoms with Gasteiger partial charge in [-0.2, -0.15) is 0 Å². The van der Waals surface area contributed by atoms with Crippen molar-refractivity contribution in [2.24, 2.45) is 0 Å². The molecule has 0 radical (unpaired) electrons. The summed E-state index contributed by atoms with van der Waals surface area (Å²) in [5.74, 6) is 0. The lowest BCUT2D eigenvalue weighted by molar-refractivity contribution is 1.59. The first-order valence-electron chi connectivity index (χ1n) is 4.80. The van der Waals surface area contributed by atoms with Crippen molar-refractivity contribution >= 4 is 16.7 Å². The van der Waals surface area contributed by atoms with Gasteiger partial charge < -0.3 is 0 Å². The second-order valence-electron chi connectivity index (χ2n) is 3.02. The summed E-state index contributed by atoms with van der Waals surface area (Å²) in [6.07, 6.45) is 4.30. The summed E-state index contributed by atoms with van der Waals surface area (Å²) in [5.41, 5.74) is 1.29. The zero-order chi connectivity index (χ0) is 10.4. The van der Waals surface area contributed by atoms with Gasteiger partial charge in [-0.15, -0.1) is 0 Å². The minimum Gasteiger partial charge on any atom is -0.0949 e. The van der Waals surface area contributed by atoms with E-state index in [1.165, 1.54) is 15.4 Å². The predicted octanol–water partition coefficient (Wildman–Crippen LogP) is 4.70. The van der Waals surface area contributed by atoms with Gasteiger partial charge in [0.2, 0.25) is 0 Å². The predicted molar refractivity (Wildman–Crippen MR) is 67.1 cm³/mol. The Balaban J connectivity index is 2.85. The third-order valence-corrected chi connectivity index (χ3v) is 3.25. The number of benzene rings is 1. The highest BCUT2D eigenvalue weighted by Crippen LogP contribution is 2.32. The topological polar surface area (TPSA) is 0 Å². The molecule has 1 rings (SSSR count). The molecule has 0 saturated heterocycles. The monoisotopic (exact) mass is 204 g/mol. The maximum Gasteiger partial charge on any atom is 0.0148 e. The quantitative estimate of drug-likeness (QED) is 0.687. The van der Waals surface area contributed by atoms with Crippen LogP contribution >= 0.6 is 11.8 Å². The molecule has 0 heterocycles. The molecule has 0 aromatic heterocycles. The molecule has 0 unspecified atom stereocenters. The van der Waals surface area contributed by atoms with E-state index >= 15 is 0 Å². The van der Waals surface area contributed by atoms with Crippen LogP contribution in [0.4, 0.5) is 0 Å². The molecule has 0 amide bonds. The van der Waals surface area contributed by atoms with E-state index < -0.39 is 0 Å². The van der Waals surface area contributed by atoms with Crippen molar-refractivity contribution in [3.63, 3.8) is 0 Å². The van der Waals surface area contributed by atoms with Crippen molar-refractivity contribution in [1.82, 2.24) is 0 Å². The van der Waals surface area contributed by atoms with E-state index in [4.69, 9.17) is 0 Å². The highest BCUT2D eigenvalue weighted by Gasteiger charge is 2.00. The third-order valence-electron chi connectivity index (χ3n) is 2.00. The Hall–Kier alpha value is -0.950. The normalized spacial score (nSPS) is 13.1. The fourth-order valence-corrected chi connectivity index (χ4v) is 1.96. The lowest BCUT2D eigenvalue weighted by Gasteiger charge is -2.06. The van der Waals surface area contributed by atoms with E-state index in [-0.39, 0.29) is 0 Å². The fraction of sp³-hybridized carbons (Fsp3) is 0.231. The molecule has 0 N–H and O–H groups in total. The molecule has 0 aliphatic heterocycles. The highest BCUT2D eigenvalue weighted by atomic mass is 32.2. The van der Waals surface area contributed by atoms with Crippen LogP contribution in [0, 0.1) is 0 Å². The van der Waals surface area contributed by atoms with Gasteiger partial charge in [0.25, 0.3) is 0 Å². The minimum absolute atomic E-state index is 1.29. The van der Waals surface area contributed by atoms with E-state index in [1.54, 1.807) is 0 Å². The molecule has 0 spiro atoms. The van der Waals surface area contributed by atoms with E-state index in [1.807, 2.05) is 17.8 Å². The Kier molecular flexibility index (Phi) is 4.54. The zero-order valence-corrected chi connectivity index (χ0v) is 9.77. The Labute approximate surface area is 90.7 Å². The Morgan fingerprint density at radius 3 is 2.21 bits per heavy atom. The van der Waals surface area contributed by atoms with E-state index in [0.29, 0.717) is 0 Å². The van der Waals surface area contributed by atoms with Crippen LogP contribution in [0.5, 0.6) is 0 Å². The molecule has 0 saturated carbocycles. The van der Waals surface area contributed by atoms with Crippen LogP contribution in [-0.4, -0.2) is 0 Å². The number of thioether (sulfide) groups is 1. The average molecular weight is 204 g/mol. The fourth-order valence-electron chi connectivity index (χ4n) is 1.12. The molecule has 1 heteroatoms. The summed E-state index contributed by atoms with van der Waals surface area (Å²) in [4.78, 5) is 2.66. The summed E-state index contributed by atoms with van der Waals surface area (Å²) >= 11 is 1.82. The molecule has 0 aliphatic carbocycles. The van der Waals surface area contributed by atoms with Crippen LogP contribution in [0.2, 0.25) is 0 Å². The molecular weight excluding hydrogens is 188 g/mol. The molecule has 14 heavy (non-hydrogen) atoms. The van der Waals surface area contributed by atoms with E-state index in [2.05, 4.69) is 57.2 Å². The molecule has 1 aromatic carbocycles. The molecule has 0 fully saturated rings. The summed E-state index contributed by atoms with van der Waals surface area (Å²) in [6, 6.07) is 10.5. The van der Waals surface area contributed by atoms with E-state index in [0.717, 1.165) is 0 Å². The molecule has 1 aromatic rings. The first-order chi connectivity index (χ1) is 6.77. The lowest BCUT2D eigenvalue weighted by atomic mass is 10.2. The van der Waals surface area contributed by atoms with E-state index in [9.17, 15) is 0 Å². The van der Waals surface area contributed by atoms with Crippen LogP contribution in [-0.2, 0) is 0 Å². The molecule has 0 aliphatic rings. The molecular formula is C13H16S. The van der Waals surface area contributed by atoms with Gasteiger partial charge in [0.15, 0.2) is 0 Å². The standard InChI is InChI=1S/C13H16S/c1-4-11(3)14-13(5-2)12-9-7-6-8-10-12/h4-10H,1-3H3/b11-4-,13-5-. The van der Waals surface area contributed by atoms with Gasteiger partial charge in [-0.05, 0) is 31.2 Å². The van der Waals surface area contributed by atoms with Gasteiger partial charge in [0.05, 0.1) is 0 Å². The molecule has 0 nitrogen and oxygen atoms in total. The SMILES string of the molecule is C/C=C(/C)S/C(=C\C)c1ccccc1. The average Bonchev–Trinajstić information content (AvgIpc) is 2.26. The number of hydrogen-bond acceptors (Lipinski definition) is 1. The number of allylic oxidation sites excluding steroid dienone is 3. The van der Waals surface area contributed by atoms with Gasteiger partial charge >= 0.3 is 0 Å². The number of hydrogen-bond donors (Lipinski definition) is 0. The second-order valence-corrected chi connectivity index (χ2v) is 4.31. The Morgan fingerprint density at radius 1 is 1.07 bits per heavy atom. The maximum atomic E-state index is 2.16. The third kappa shape index (κ3) is 3.08. The van der Waals surface area contributed by atoms with Crippen molar-refractivity contribution in [3.8, 4) is 0 Å². The molecule has 0 bridgehead atoms. The van der Waals surface area contributed by atoms with Gasteiger partial charge in [-0.1, -0.05) is 54.2 Å². The summed E-state index contributed by atoms with van der Waals surface area (Å²) in [5, 5.41) is 0. The smallest absolute Gasteiger partial charge is 0.0148 e. The summed E-state index contributed by atoms with van der Waals surface area (Å²) in [7, 11) is 0. The van der Waals surface area contributed by atoms with Crippen LogP contribution in [0.25, 0.3) is 4.91 Å². The number of rotatable bonds is 3. The van der Waals surface area contributed by atoms with Crippen LogP contribution in [0.1, 0.15) is 26.3 Å². The van der Waals surface area contributed by atoms with Gasteiger partial charge in [0, 0.05) is 4.91 Å². The van der Waals surface area contributed by atoms with Crippen LogP contribution in [0.3, 0.4) is 0 Å². The lowest BCUT2D eigenvalue weighted by Crippen LogP contribution is -1.78. The van der Waals surface area contributed by atoms with Crippen molar-refractivity contribution in [3.05, 3.63) is 53.0 Å². The van der Waals surface area contributed by atoms with Crippen molar-refractivity contribution in [2.45, 2.75) is 20.8 Å². The van der Waals surface area contributed by atoms with Crippen molar-refractivity contribution in [1.29, 1.82) is 0 Å². The zero-order valence-electron chi connectivity index (χ0n) is 8.95. The Bertz CT molecular complexity index is 334. The molecule has 0 atom stereocenters. The minimum atomic E-state index is 1.29. The molecule has 74 valence electrons. The highest BCUT2D eigenvalue weighted by molar-refractivity contribution is 8.11. The largest absolute Gasteiger partial charge is 0.0949 e. The Morgan fingerprint density at radius 2 is 1.71 bits per heavy atom. The summed E-state index contributed by atoms with van der Waals surface area (Å²) in [6.45, 7) is 6.29. The van der Waals surface area contributed by atoms with Gasteiger partial charge in [-0.25, -0.2) is 0 Å². The summed E-state index contributed by atoms with van der Waals surface area (Å²) < 4.78 is 0. The first-order valence-corrected chi connectivity index (χ1v) is 5.62. The van der Waals surface area contributed by atoms with Gasteiger partial charge in [-0.3, -0.25) is 0 Å². The van der Waals surface area contributed by atoms with Gasteiger partial charge in [0.1, 0.15) is 0 Å². The second kappa shape index (κ2) is 5.71. The van der Waals surface area contributed by atoms with Crippen LogP contribution in [0.15, 0.2) is 47.4 Å². The first kappa shape index (κ1) is 11.1.